The number of hydrogen-bond acceptors (Lipinski definition) is 2. The minimum absolute atomic E-state index is 0.126. The van der Waals surface area contributed by atoms with Crippen LogP contribution in [-0.2, 0) is 0 Å². The monoisotopic (exact) mass is 335 g/mol. The van der Waals surface area contributed by atoms with Crippen molar-refractivity contribution in [2.45, 2.75) is 13.0 Å². The summed E-state index contributed by atoms with van der Waals surface area (Å²) in [6.07, 6.45) is 0. The smallest absolute Gasteiger partial charge is 0.0595 e. The second-order valence-corrected chi connectivity index (χ2v) is 6.58. The second-order valence-electron chi connectivity index (χ2n) is 4.85. The Bertz CT molecular complexity index is 766. The van der Waals surface area contributed by atoms with Crippen molar-refractivity contribution in [3.63, 3.8) is 0 Å². The average Bonchev–Trinajstić information content (AvgIpc) is 2.92. The molecule has 0 saturated heterocycles. The molecule has 3 rings (SSSR count). The van der Waals surface area contributed by atoms with E-state index in [1.807, 2.05) is 18.2 Å². The maximum absolute atomic E-state index is 6.18. The topological polar surface area (TPSA) is 12.0 Å². The highest BCUT2D eigenvalue weighted by molar-refractivity contribution is 7.17. The van der Waals surface area contributed by atoms with E-state index >= 15 is 0 Å². The van der Waals surface area contributed by atoms with Crippen LogP contribution in [0.1, 0.15) is 24.1 Å². The molecule has 0 aliphatic carbocycles. The van der Waals surface area contributed by atoms with Crippen LogP contribution in [0, 0.1) is 0 Å². The second kappa shape index (κ2) is 6.37. The Morgan fingerprint density at radius 3 is 2.67 bits per heavy atom. The summed E-state index contributed by atoms with van der Waals surface area (Å²) in [7, 11) is 0. The van der Waals surface area contributed by atoms with E-state index in [4.69, 9.17) is 23.2 Å². The van der Waals surface area contributed by atoms with Crippen LogP contribution < -0.4 is 5.32 Å². The molecule has 0 fully saturated rings. The fourth-order valence-corrected chi connectivity index (χ4v) is 3.82. The van der Waals surface area contributed by atoms with Crippen molar-refractivity contribution in [2.75, 3.05) is 6.54 Å². The molecule has 1 heterocycles. The molecular formula is C17H15Cl2NS. The molecule has 0 bridgehead atoms. The average molecular weight is 336 g/mol. The third-order valence-electron chi connectivity index (χ3n) is 3.51. The normalized spacial score (nSPS) is 12.7. The van der Waals surface area contributed by atoms with Crippen LogP contribution in [-0.4, -0.2) is 6.54 Å². The summed E-state index contributed by atoms with van der Waals surface area (Å²) < 4.78 is 1.30. The molecule has 0 aliphatic heterocycles. The zero-order valence-electron chi connectivity index (χ0n) is 11.6. The molecule has 0 saturated carbocycles. The Kier molecular flexibility index (Phi) is 4.51. The van der Waals surface area contributed by atoms with Gasteiger partial charge in [-0.3, -0.25) is 0 Å². The first-order valence-corrected chi connectivity index (χ1v) is 8.48. The van der Waals surface area contributed by atoms with Crippen molar-refractivity contribution in [3.05, 3.63) is 69.0 Å². The Labute approximate surface area is 138 Å². The number of fused-ring (bicyclic) bond motifs is 1. The molecular weight excluding hydrogens is 321 g/mol. The van der Waals surface area contributed by atoms with Gasteiger partial charge in [0.25, 0.3) is 0 Å². The van der Waals surface area contributed by atoms with Gasteiger partial charge < -0.3 is 5.32 Å². The Balaban J connectivity index is 2.11. The molecule has 0 aliphatic rings. The van der Waals surface area contributed by atoms with Gasteiger partial charge in [-0.1, -0.05) is 54.4 Å². The summed E-state index contributed by atoms with van der Waals surface area (Å²) in [5.74, 6) is 0. The highest BCUT2D eigenvalue weighted by Crippen LogP contribution is 2.35. The summed E-state index contributed by atoms with van der Waals surface area (Å²) >= 11 is 14.0. The van der Waals surface area contributed by atoms with Gasteiger partial charge in [0.15, 0.2) is 0 Å². The van der Waals surface area contributed by atoms with Crippen LogP contribution in [0.3, 0.4) is 0 Å². The summed E-state index contributed by atoms with van der Waals surface area (Å²) in [6.45, 7) is 2.99. The molecule has 3 aromatic rings. The summed E-state index contributed by atoms with van der Waals surface area (Å²) in [5, 5.41) is 8.24. The largest absolute Gasteiger partial charge is 0.306 e. The van der Waals surface area contributed by atoms with Crippen molar-refractivity contribution in [3.8, 4) is 0 Å². The van der Waals surface area contributed by atoms with Crippen LogP contribution in [0.4, 0.5) is 0 Å². The van der Waals surface area contributed by atoms with Gasteiger partial charge in [0.1, 0.15) is 0 Å². The molecule has 0 spiro atoms. The van der Waals surface area contributed by atoms with Gasteiger partial charge in [0.2, 0.25) is 0 Å². The standard InChI is InChI=1S/C17H15Cl2NS/c1-2-20-17(11-7-8-14(18)15(19)9-11)13-10-21-16-6-4-3-5-12(13)16/h3-10,17,20H,2H2,1H3. The Morgan fingerprint density at radius 1 is 1.10 bits per heavy atom. The first-order chi connectivity index (χ1) is 10.2. The molecule has 1 unspecified atom stereocenters. The van der Waals surface area contributed by atoms with E-state index in [1.54, 1.807) is 11.3 Å². The van der Waals surface area contributed by atoms with Crippen LogP contribution in [0.25, 0.3) is 10.1 Å². The third kappa shape index (κ3) is 2.95. The van der Waals surface area contributed by atoms with Gasteiger partial charge >= 0.3 is 0 Å². The van der Waals surface area contributed by atoms with Crippen molar-refractivity contribution in [1.82, 2.24) is 5.32 Å². The lowest BCUT2D eigenvalue weighted by Gasteiger charge is -2.19. The van der Waals surface area contributed by atoms with E-state index in [0.717, 1.165) is 12.1 Å². The van der Waals surface area contributed by atoms with E-state index in [1.165, 1.54) is 15.6 Å². The molecule has 1 atom stereocenters. The zero-order valence-corrected chi connectivity index (χ0v) is 13.9. The predicted octanol–water partition coefficient (Wildman–Crippen LogP) is 5.91. The van der Waals surface area contributed by atoms with E-state index in [0.29, 0.717) is 10.0 Å². The number of thiophene rings is 1. The number of halogens is 2. The molecule has 1 nitrogen and oxygen atoms in total. The van der Waals surface area contributed by atoms with Crippen molar-refractivity contribution < 1.29 is 0 Å². The third-order valence-corrected chi connectivity index (χ3v) is 5.23. The molecule has 0 radical (unpaired) electrons. The Hall–Kier alpha value is -1.06. The molecule has 21 heavy (non-hydrogen) atoms. The highest BCUT2D eigenvalue weighted by Gasteiger charge is 2.17. The van der Waals surface area contributed by atoms with E-state index < -0.39 is 0 Å². The molecule has 1 N–H and O–H groups in total. The summed E-state index contributed by atoms with van der Waals surface area (Å²) in [6, 6.07) is 14.4. The Morgan fingerprint density at radius 2 is 1.90 bits per heavy atom. The lowest BCUT2D eigenvalue weighted by molar-refractivity contribution is 0.636. The van der Waals surface area contributed by atoms with Crippen molar-refractivity contribution >= 4 is 44.6 Å². The van der Waals surface area contributed by atoms with Crippen molar-refractivity contribution in [2.24, 2.45) is 0 Å². The number of benzene rings is 2. The molecule has 2 aromatic carbocycles. The van der Waals surface area contributed by atoms with E-state index in [-0.39, 0.29) is 6.04 Å². The molecule has 0 amide bonds. The maximum atomic E-state index is 6.18. The quantitative estimate of drug-likeness (QED) is 0.625. The predicted molar refractivity (Wildman–Crippen MR) is 93.8 cm³/mol. The van der Waals surface area contributed by atoms with Crippen LogP contribution in [0.2, 0.25) is 10.0 Å². The SMILES string of the molecule is CCNC(c1ccc(Cl)c(Cl)c1)c1csc2ccccc12. The molecule has 1 aromatic heterocycles. The number of nitrogens with one attached hydrogen (secondary N) is 1. The van der Waals surface area contributed by atoms with E-state index in [2.05, 4.69) is 41.9 Å². The van der Waals surface area contributed by atoms with Gasteiger partial charge in [-0.25, -0.2) is 0 Å². The summed E-state index contributed by atoms with van der Waals surface area (Å²) in [5.41, 5.74) is 2.42. The number of hydrogen-bond donors (Lipinski definition) is 1. The van der Waals surface area contributed by atoms with Crippen LogP contribution >= 0.6 is 34.5 Å². The summed E-state index contributed by atoms with van der Waals surface area (Å²) in [4.78, 5) is 0. The molecule has 108 valence electrons. The minimum atomic E-state index is 0.126. The van der Waals surface area contributed by atoms with E-state index in [9.17, 15) is 0 Å². The van der Waals surface area contributed by atoms with Gasteiger partial charge in [0, 0.05) is 4.70 Å². The van der Waals surface area contributed by atoms with Crippen molar-refractivity contribution in [1.29, 1.82) is 0 Å². The lowest BCUT2D eigenvalue weighted by Crippen LogP contribution is -2.21. The fraction of sp³-hybridized carbons (Fsp3) is 0.176. The maximum Gasteiger partial charge on any atom is 0.0595 e. The minimum Gasteiger partial charge on any atom is -0.306 e. The van der Waals surface area contributed by atoms with Crippen LogP contribution in [0.5, 0.6) is 0 Å². The van der Waals surface area contributed by atoms with Gasteiger partial charge in [-0.2, -0.15) is 0 Å². The zero-order chi connectivity index (χ0) is 14.8. The first kappa shape index (κ1) is 14.9. The lowest BCUT2D eigenvalue weighted by atomic mass is 9.98. The molecule has 4 heteroatoms. The van der Waals surface area contributed by atoms with Gasteiger partial charge in [-0.05, 0) is 46.6 Å². The fourth-order valence-electron chi connectivity index (χ4n) is 2.53. The van der Waals surface area contributed by atoms with Crippen LogP contribution in [0.15, 0.2) is 47.8 Å². The highest BCUT2D eigenvalue weighted by atomic mass is 35.5. The van der Waals surface area contributed by atoms with Gasteiger partial charge in [0.05, 0.1) is 16.1 Å². The van der Waals surface area contributed by atoms with Gasteiger partial charge in [-0.15, -0.1) is 11.3 Å². The first-order valence-electron chi connectivity index (χ1n) is 6.85. The number of rotatable bonds is 4.